The van der Waals surface area contributed by atoms with Gasteiger partial charge in [-0.25, -0.2) is 23.8 Å². The first-order valence-corrected chi connectivity index (χ1v) is 50.4. The Bertz CT molecular complexity index is 4750. The van der Waals surface area contributed by atoms with E-state index in [4.69, 9.17) is 82.8 Å². The minimum absolute atomic E-state index is 0.0392. The van der Waals surface area contributed by atoms with Crippen LogP contribution in [-0.2, 0) is 127 Å². The van der Waals surface area contributed by atoms with E-state index in [1.807, 2.05) is 0 Å². The molecular formula is C97H156FN13O39. The van der Waals surface area contributed by atoms with Gasteiger partial charge in [-0.15, -0.1) is 0 Å². The second-order valence-corrected chi connectivity index (χ2v) is 36.5. The van der Waals surface area contributed by atoms with Crippen molar-refractivity contribution in [2.45, 2.75) is 214 Å². The zero-order chi connectivity index (χ0) is 110. The van der Waals surface area contributed by atoms with Crippen LogP contribution in [0, 0.1) is 18.7 Å². The molecule has 0 radical (unpaired) electrons. The molecule has 4 heterocycles. The average Bonchev–Trinajstić information content (AvgIpc) is 1.53. The summed E-state index contributed by atoms with van der Waals surface area (Å²) >= 11 is 0. The minimum Gasteiger partial charge on any atom is -0.458 e. The quantitative estimate of drug-likeness (QED) is 0.0127. The molecule has 52 nitrogen and oxygen atoms in total. The van der Waals surface area contributed by atoms with Gasteiger partial charge >= 0.3 is 18.1 Å². The number of alkyl carbamates (subject to hydrolysis) is 1. The van der Waals surface area contributed by atoms with Crippen LogP contribution in [0.4, 0.5) is 19.7 Å². The van der Waals surface area contributed by atoms with Gasteiger partial charge in [-0.3, -0.25) is 33.7 Å². The first-order chi connectivity index (χ1) is 71.9. The third kappa shape index (κ3) is 41.9. The summed E-state index contributed by atoms with van der Waals surface area (Å²) < 4.78 is 94.4. The van der Waals surface area contributed by atoms with Gasteiger partial charge in [0.05, 0.1) is 244 Å². The van der Waals surface area contributed by atoms with Crippen molar-refractivity contribution < 1.29 is 191 Å². The molecule has 2 aliphatic heterocycles. The number of amides is 8. The smallest absolute Gasteiger partial charge is 0.407 e. The van der Waals surface area contributed by atoms with E-state index in [0.717, 1.165) is 10.5 Å². The van der Waals surface area contributed by atoms with Crippen molar-refractivity contribution in [2.24, 2.45) is 17.4 Å². The molecule has 0 fully saturated rings. The number of urea groups is 1. The number of nitrogens with one attached hydrogen (secondary N) is 8. The molecule has 2 aromatic heterocycles. The number of aromatic nitrogens is 2. The summed E-state index contributed by atoms with van der Waals surface area (Å²) in [6.45, 7) is 7.58. The van der Waals surface area contributed by atoms with Crippen LogP contribution in [0.2, 0.25) is 0 Å². The minimum atomic E-state index is -2.15. The number of hydrogen-bond donors (Lipinski definition) is 26. The number of rotatable bonds is 81. The molecule has 53 heteroatoms. The lowest BCUT2D eigenvalue weighted by Gasteiger charge is -2.35. The second kappa shape index (κ2) is 68.9. The van der Waals surface area contributed by atoms with Crippen molar-refractivity contribution in [2.75, 3.05) is 230 Å². The van der Waals surface area contributed by atoms with Crippen LogP contribution in [0.3, 0.4) is 0 Å². The van der Waals surface area contributed by atoms with Gasteiger partial charge in [0.1, 0.15) is 86.1 Å². The number of primary amides is 1. The molecular weight excluding hydrogens is 1990 g/mol. The number of fused-ring (bicyclic) bond motifs is 5. The molecule has 4 aromatic rings. The van der Waals surface area contributed by atoms with E-state index < -0.39 is 214 Å². The maximum atomic E-state index is 15.5. The van der Waals surface area contributed by atoms with Gasteiger partial charge in [-0.2, -0.15) is 0 Å². The first-order valence-electron chi connectivity index (χ1n) is 50.4. The molecule has 150 heavy (non-hydrogen) atoms. The molecule has 2 aromatic carbocycles. The molecule has 3 aliphatic rings. The lowest BCUT2D eigenvalue weighted by atomic mass is 9.81. The zero-order valence-corrected chi connectivity index (χ0v) is 85.3. The van der Waals surface area contributed by atoms with Crippen LogP contribution >= 0.6 is 0 Å². The van der Waals surface area contributed by atoms with Gasteiger partial charge in [0.25, 0.3) is 5.56 Å². The van der Waals surface area contributed by atoms with E-state index in [2.05, 4.69) is 42.5 Å². The van der Waals surface area contributed by atoms with Crippen molar-refractivity contribution in [1.29, 1.82) is 0 Å². The first kappa shape index (κ1) is 128. The van der Waals surface area contributed by atoms with Crippen LogP contribution in [-0.4, -0.2) is 465 Å². The summed E-state index contributed by atoms with van der Waals surface area (Å²) in [5.74, 6) is -4.76. The number of benzene rings is 2. The van der Waals surface area contributed by atoms with Gasteiger partial charge in [-0.05, 0) is 105 Å². The Labute approximate surface area is 867 Å². The van der Waals surface area contributed by atoms with E-state index in [9.17, 15) is 125 Å². The molecule has 7 rings (SSSR count). The predicted octanol–water partition coefficient (Wildman–Crippen LogP) is -7.66. The predicted molar refractivity (Wildman–Crippen MR) is 528 cm³/mol. The SMILES string of the molecule is CC[C@@]1(O)C(=O)OCc2c1cc1n(c2=O)Cc2c-1nc1cc(F)c(C)c3c1c2[C@@H](NC(=O)OCc1ccc(NC(=O)[C@H](CCCNC(N)=O)NC(=O)[C@@H](NC(=O)[C@@H](N)CCCCNC(=O)CCOCCOCCOCCOCCOCCOCCOCCOCCOCCOCCOCCOCCNC(=O)C(CN(C[C@@H](O)[C@H](O)[C@@H](O)[C@@H](O)CO)C[C@@H](O)[C@H](O)[C@@H](O)[C@@H](O)CO)NC[C@H](O)[C@@H](O)[C@H](O)[C@H](O)CO)C(C)C)cc1)CC3. The van der Waals surface area contributed by atoms with E-state index in [1.165, 1.54) is 10.6 Å². The summed E-state index contributed by atoms with van der Waals surface area (Å²) in [5, 5.41) is 185. The van der Waals surface area contributed by atoms with E-state index >= 15 is 4.39 Å². The number of ether oxygens (including phenoxy) is 14. The Balaban J connectivity index is 0.636. The number of carbonyl (C=O) groups is 8. The number of carbonyl (C=O) groups excluding carboxylic acids is 8. The van der Waals surface area contributed by atoms with Crippen LogP contribution < -0.4 is 59.6 Å². The normalized spacial score (nSPS) is 17.5. The Morgan fingerprint density at radius 2 is 1.03 bits per heavy atom. The van der Waals surface area contributed by atoms with Crippen LogP contribution in [0.5, 0.6) is 0 Å². The summed E-state index contributed by atoms with van der Waals surface area (Å²) in [5.41, 5.74) is 13.5. The number of unbranched alkanes of at least 4 members (excludes halogenated alkanes) is 1. The van der Waals surface area contributed by atoms with E-state index in [-0.39, 0.29) is 135 Å². The molecule has 0 spiro atoms. The lowest BCUT2D eigenvalue weighted by molar-refractivity contribution is -0.172. The Kier molecular flexibility index (Phi) is 58.7. The molecule has 28 N–H and O–H groups in total. The van der Waals surface area contributed by atoms with Crippen molar-refractivity contribution in [3.05, 3.63) is 91.5 Å². The molecule has 0 saturated heterocycles. The Morgan fingerprint density at radius 1 is 0.547 bits per heavy atom. The molecule has 1 unspecified atom stereocenters. The third-order valence-corrected chi connectivity index (χ3v) is 25.0. The summed E-state index contributed by atoms with van der Waals surface area (Å²) in [4.78, 5) is 126. The van der Waals surface area contributed by atoms with Crippen molar-refractivity contribution >= 4 is 64.2 Å². The Morgan fingerprint density at radius 3 is 1.51 bits per heavy atom. The third-order valence-electron chi connectivity index (χ3n) is 25.0. The van der Waals surface area contributed by atoms with Gasteiger partial charge in [-0.1, -0.05) is 32.9 Å². The fourth-order valence-electron chi connectivity index (χ4n) is 16.3. The number of halogens is 1. The number of aryl methyl sites for hydroxylation is 1. The number of cyclic esters (lactones) is 1. The van der Waals surface area contributed by atoms with Crippen molar-refractivity contribution in [3.63, 3.8) is 0 Å². The van der Waals surface area contributed by atoms with Gasteiger partial charge in [0.15, 0.2) is 5.60 Å². The fourth-order valence-corrected chi connectivity index (χ4v) is 16.3. The summed E-state index contributed by atoms with van der Waals surface area (Å²) in [7, 11) is 0. The number of aliphatic hydroxyl groups is 16. The molecule has 0 bridgehead atoms. The number of pyridine rings is 2. The number of hydrogen-bond acceptors (Lipinski definition) is 43. The topological polar surface area (TPSA) is 776 Å². The molecule has 0 saturated carbocycles. The lowest BCUT2D eigenvalue weighted by Crippen LogP contribution is -2.58. The van der Waals surface area contributed by atoms with E-state index in [1.54, 1.807) is 58.0 Å². The zero-order valence-electron chi connectivity index (χ0n) is 85.3. The number of nitrogens with two attached hydrogens (primary N) is 2. The monoisotopic (exact) mass is 2150 g/mol. The molecule has 850 valence electrons. The largest absolute Gasteiger partial charge is 0.458 e. The number of aliphatic hydroxyl groups excluding tert-OH is 15. The molecule has 18 atom stereocenters. The molecule has 8 amide bonds. The number of nitrogens with zero attached hydrogens (tertiary/aromatic N) is 3. The highest BCUT2D eigenvalue weighted by Crippen LogP contribution is 2.46. The van der Waals surface area contributed by atoms with E-state index in [0.29, 0.717) is 188 Å². The fraction of sp³-hybridized carbons (Fsp3) is 0.711. The standard InChI is InChI=1S/C97H156FN13O39/c1-5-97(136)64-45-71-82-62(48-111(71)93(132)63(64)56-149-94(97)133)80-67(16-15-61-58(4)65(98)46-69(106-82)79(61)80)108-96(135)150-55-59-11-13-60(14-12-59)105-91(130)68(10-8-19-103-95(100)134)107-92(131)81(57(2)3)109-89(128)66(99)9-6-7-18-101-78(121)17-21-137-23-25-139-27-29-141-31-33-143-35-37-145-39-41-147-43-44-148-42-40-146-38-36-144-34-32-142-30-28-140-26-24-138-22-20-102-90(129)70(104-47-72(115)83(122)86(125)75(118)52-112)49-110(50-73(116)84(123)87(126)76(119)53-113)51-74(117)85(124)88(127)77(120)54-114/h11-14,45-46,57,66-68,70,72-77,81,83-88,104,112-120,122-127,136H,5-10,15-44,47-56,99H2,1-4H3,(H,101,121)(H,102,129)(H,105,130)(H,107,131)(H,108,135)(H,109,128)(H3,100,103,134)/t66-,67-,68-,70?,72-,73+,74+,75+,76-,77-,81-,83+,84-,85-,86+,87-,88-,97-/m0/s1. The maximum Gasteiger partial charge on any atom is 0.407 e. The highest BCUT2D eigenvalue weighted by atomic mass is 19.1. The van der Waals surface area contributed by atoms with Crippen molar-refractivity contribution in [1.82, 2.24) is 51.7 Å². The van der Waals surface area contributed by atoms with Crippen LogP contribution in [0.25, 0.3) is 22.3 Å². The highest BCUT2D eigenvalue weighted by molar-refractivity contribution is 5.99. The van der Waals surface area contributed by atoms with Gasteiger partial charge in [0, 0.05) is 80.5 Å². The Hall–Kier alpha value is -9.15. The summed E-state index contributed by atoms with van der Waals surface area (Å²) in [6, 6.07) is 3.04. The molecule has 1 aliphatic carbocycles. The van der Waals surface area contributed by atoms with Gasteiger partial charge in [0.2, 0.25) is 29.5 Å². The highest BCUT2D eigenvalue weighted by Gasteiger charge is 2.47. The number of anilines is 1. The average molecular weight is 2150 g/mol. The van der Waals surface area contributed by atoms with Crippen molar-refractivity contribution in [3.8, 4) is 11.4 Å². The second-order valence-electron chi connectivity index (χ2n) is 36.5. The van der Waals surface area contributed by atoms with Gasteiger partial charge < -0.3 is 207 Å². The summed E-state index contributed by atoms with van der Waals surface area (Å²) in [6.07, 6.45) is -22.7. The number of esters is 1. The van der Waals surface area contributed by atoms with Crippen LogP contribution in [0.15, 0.2) is 41.2 Å². The maximum absolute atomic E-state index is 15.5. The van der Waals surface area contributed by atoms with Crippen LogP contribution in [0.1, 0.15) is 117 Å².